The molecule has 22 heavy (non-hydrogen) atoms. The van der Waals surface area contributed by atoms with Gasteiger partial charge in [0.05, 0.1) is 12.0 Å². The van der Waals surface area contributed by atoms with E-state index in [9.17, 15) is 14.9 Å². The monoisotopic (exact) mass is 298 g/mol. The zero-order valence-electron chi connectivity index (χ0n) is 11.9. The maximum atomic E-state index is 11.8. The number of rotatable bonds is 5. The molecule has 0 aromatic heterocycles. The van der Waals surface area contributed by atoms with E-state index in [-0.39, 0.29) is 11.6 Å². The third-order valence-electron chi connectivity index (χ3n) is 2.85. The van der Waals surface area contributed by atoms with E-state index >= 15 is 0 Å². The molecule has 0 aliphatic carbocycles. The Morgan fingerprint density at radius 1 is 1.23 bits per heavy atom. The Hall–Kier alpha value is -3.15. The smallest absolute Gasteiger partial charge is 0.271 e. The van der Waals surface area contributed by atoms with Crippen LogP contribution < -0.4 is 10.1 Å². The summed E-state index contributed by atoms with van der Waals surface area (Å²) in [5, 5.41) is 13.3. The Balaban J connectivity index is 2.04. The van der Waals surface area contributed by atoms with E-state index in [1.165, 1.54) is 24.3 Å². The molecule has 0 fully saturated rings. The van der Waals surface area contributed by atoms with Gasteiger partial charge >= 0.3 is 0 Å². The number of ether oxygens (including phenoxy) is 1. The van der Waals surface area contributed by atoms with Crippen LogP contribution in [0.5, 0.6) is 5.75 Å². The number of carbonyl (C=O) groups excluding carboxylic acids is 1. The van der Waals surface area contributed by atoms with Gasteiger partial charge in [0.15, 0.2) is 0 Å². The van der Waals surface area contributed by atoms with Gasteiger partial charge in [-0.3, -0.25) is 14.9 Å². The van der Waals surface area contributed by atoms with Crippen LogP contribution in [0.25, 0.3) is 6.08 Å². The minimum atomic E-state index is -0.512. The zero-order valence-corrected chi connectivity index (χ0v) is 11.9. The lowest BCUT2D eigenvalue weighted by molar-refractivity contribution is -0.384. The standard InChI is InChI=1S/C16H14N2O4/c1-22-15-7-2-4-12(10-15)8-9-16(19)17-13-5-3-6-14(11-13)18(20)21/h2-11H,1H3,(H,17,19)/b9-8+. The summed E-state index contributed by atoms with van der Waals surface area (Å²) < 4.78 is 5.09. The first kappa shape index (κ1) is 15.2. The van der Waals surface area contributed by atoms with Gasteiger partial charge in [0.1, 0.15) is 5.75 Å². The number of methoxy groups -OCH3 is 1. The molecule has 6 heteroatoms. The van der Waals surface area contributed by atoms with E-state index in [4.69, 9.17) is 4.74 Å². The van der Waals surface area contributed by atoms with Crippen LogP contribution in [-0.4, -0.2) is 17.9 Å². The van der Waals surface area contributed by atoms with Gasteiger partial charge in [-0.1, -0.05) is 18.2 Å². The van der Waals surface area contributed by atoms with Crippen molar-refractivity contribution in [3.8, 4) is 5.75 Å². The van der Waals surface area contributed by atoms with Crippen molar-refractivity contribution in [3.05, 3.63) is 70.3 Å². The number of nitro groups is 1. The Labute approximate surface area is 127 Å². The van der Waals surface area contributed by atoms with E-state index < -0.39 is 4.92 Å². The molecule has 0 aliphatic rings. The molecule has 1 N–H and O–H groups in total. The van der Waals surface area contributed by atoms with Gasteiger partial charge in [0, 0.05) is 23.9 Å². The molecule has 0 saturated carbocycles. The van der Waals surface area contributed by atoms with Crippen LogP contribution in [0, 0.1) is 10.1 Å². The molecule has 0 heterocycles. The molecule has 0 aliphatic heterocycles. The normalized spacial score (nSPS) is 10.4. The fourth-order valence-corrected chi connectivity index (χ4v) is 1.80. The van der Waals surface area contributed by atoms with Gasteiger partial charge < -0.3 is 10.1 Å². The van der Waals surface area contributed by atoms with Crippen LogP contribution in [0.3, 0.4) is 0 Å². The molecular formula is C16H14N2O4. The van der Waals surface area contributed by atoms with Crippen LogP contribution in [-0.2, 0) is 4.79 Å². The van der Waals surface area contributed by atoms with Crippen LogP contribution in [0.2, 0.25) is 0 Å². The van der Waals surface area contributed by atoms with Crippen molar-refractivity contribution in [1.82, 2.24) is 0 Å². The van der Waals surface area contributed by atoms with Crippen molar-refractivity contribution in [2.75, 3.05) is 12.4 Å². The van der Waals surface area contributed by atoms with Gasteiger partial charge in [-0.25, -0.2) is 0 Å². The number of non-ortho nitro benzene ring substituents is 1. The Kier molecular flexibility index (Phi) is 4.87. The molecule has 112 valence electrons. The Bertz CT molecular complexity index is 726. The van der Waals surface area contributed by atoms with E-state index in [0.717, 1.165) is 5.56 Å². The third-order valence-corrected chi connectivity index (χ3v) is 2.85. The van der Waals surface area contributed by atoms with Gasteiger partial charge in [0.2, 0.25) is 5.91 Å². The molecule has 0 saturated heterocycles. The molecule has 6 nitrogen and oxygen atoms in total. The summed E-state index contributed by atoms with van der Waals surface area (Å²) >= 11 is 0. The number of anilines is 1. The molecule has 0 radical (unpaired) electrons. The fourth-order valence-electron chi connectivity index (χ4n) is 1.80. The van der Waals surface area contributed by atoms with Crippen LogP contribution in [0.4, 0.5) is 11.4 Å². The van der Waals surface area contributed by atoms with Crippen LogP contribution in [0.15, 0.2) is 54.6 Å². The second-order valence-corrected chi connectivity index (χ2v) is 4.41. The first-order valence-electron chi connectivity index (χ1n) is 6.46. The molecule has 0 spiro atoms. The van der Waals surface area contributed by atoms with E-state index in [2.05, 4.69) is 5.32 Å². The summed E-state index contributed by atoms with van der Waals surface area (Å²) in [5.41, 5.74) is 1.11. The Morgan fingerprint density at radius 2 is 2.00 bits per heavy atom. The predicted octanol–water partition coefficient (Wildman–Crippen LogP) is 3.26. The van der Waals surface area contributed by atoms with Crippen molar-refractivity contribution in [1.29, 1.82) is 0 Å². The largest absolute Gasteiger partial charge is 0.497 e. The number of nitrogens with one attached hydrogen (secondary N) is 1. The maximum absolute atomic E-state index is 11.8. The number of carbonyl (C=O) groups is 1. The molecule has 2 aromatic carbocycles. The second-order valence-electron chi connectivity index (χ2n) is 4.41. The van der Waals surface area contributed by atoms with E-state index in [0.29, 0.717) is 11.4 Å². The van der Waals surface area contributed by atoms with Crippen molar-refractivity contribution in [3.63, 3.8) is 0 Å². The van der Waals surface area contributed by atoms with Gasteiger partial charge in [-0.2, -0.15) is 0 Å². The molecule has 2 aromatic rings. The van der Waals surface area contributed by atoms with Crippen LogP contribution in [0.1, 0.15) is 5.56 Å². The van der Waals surface area contributed by atoms with Crippen LogP contribution >= 0.6 is 0 Å². The molecular weight excluding hydrogens is 284 g/mol. The highest BCUT2D eigenvalue weighted by Gasteiger charge is 2.06. The molecule has 2 rings (SSSR count). The average molecular weight is 298 g/mol. The van der Waals surface area contributed by atoms with E-state index in [1.807, 2.05) is 12.1 Å². The van der Waals surface area contributed by atoms with Gasteiger partial charge in [-0.15, -0.1) is 0 Å². The molecule has 0 bridgehead atoms. The summed E-state index contributed by atoms with van der Waals surface area (Å²) in [4.78, 5) is 22.0. The number of benzene rings is 2. The van der Waals surface area contributed by atoms with Gasteiger partial charge in [0.25, 0.3) is 5.69 Å². The highest BCUT2D eigenvalue weighted by atomic mass is 16.6. The summed E-state index contributed by atoms with van der Waals surface area (Å²) in [5.74, 6) is 0.324. The second kappa shape index (κ2) is 7.03. The minimum Gasteiger partial charge on any atom is -0.497 e. The first-order chi connectivity index (χ1) is 10.6. The predicted molar refractivity (Wildman–Crippen MR) is 83.8 cm³/mol. The average Bonchev–Trinajstić information content (AvgIpc) is 2.53. The summed E-state index contributed by atoms with van der Waals surface area (Å²) in [6.45, 7) is 0. The number of amides is 1. The molecule has 0 atom stereocenters. The lowest BCUT2D eigenvalue weighted by Gasteiger charge is -2.02. The van der Waals surface area contributed by atoms with E-state index in [1.54, 1.807) is 31.4 Å². The Morgan fingerprint density at radius 3 is 2.73 bits per heavy atom. The highest BCUT2D eigenvalue weighted by molar-refractivity contribution is 6.02. The van der Waals surface area contributed by atoms with Crippen molar-refractivity contribution in [2.24, 2.45) is 0 Å². The topological polar surface area (TPSA) is 81.5 Å². The summed E-state index contributed by atoms with van der Waals surface area (Å²) in [7, 11) is 1.57. The minimum absolute atomic E-state index is 0.0745. The van der Waals surface area contributed by atoms with Crippen molar-refractivity contribution < 1.29 is 14.5 Å². The SMILES string of the molecule is COc1cccc(/C=C/C(=O)Nc2cccc([N+](=O)[O-])c2)c1. The number of hydrogen-bond acceptors (Lipinski definition) is 4. The summed E-state index contributed by atoms with van der Waals surface area (Å²) in [6.07, 6.45) is 2.99. The van der Waals surface area contributed by atoms with Crippen molar-refractivity contribution >= 4 is 23.4 Å². The number of hydrogen-bond donors (Lipinski definition) is 1. The molecule has 0 unspecified atom stereocenters. The fraction of sp³-hybridized carbons (Fsp3) is 0.0625. The maximum Gasteiger partial charge on any atom is 0.271 e. The zero-order chi connectivity index (χ0) is 15.9. The van der Waals surface area contributed by atoms with Gasteiger partial charge in [-0.05, 0) is 29.8 Å². The van der Waals surface area contributed by atoms with Crippen molar-refractivity contribution in [2.45, 2.75) is 0 Å². The quantitative estimate of drug-likeness (QED) is 0.522. The number of nitro benzene ring substituents is 1. The lowest BCUT2D eigenvalue weighted by Crippen LogP contribution is -2.07. The summed E-state index contributed by atoms with van der Waals surface area (Å²) in [6, 6.07) is 13.0. The third kappa shape index (κ3) is 4.17. The number of nitrogens with zero attached hydrogens (tertiary/aromatic N) is 1. The molecule has 1 amide bonds. The first-order valence-corrected chi connectivity index (χ1v) is 6.46. The lowest BCUT2D eigenvalue weighted by atomic mass is 10.2. The highest BCUT2D eigenvalue weighted by Crippen LogP contribution is 2.17.